The van der Waals surface area contributed by atoms with E-state index < -0.39 is 12.0 Å². The third-order valence-corrected chi connectivity index (χ3v) is 5.42. The van der Waals surface area contributed by atoms with Crippen LogP contribution in [0.5, 0.6) is 0 Å². The summed E-state index contributed by atoms with van der Waals surface area (Å²) in [6.07, 6.45) is 4.92. The van der Waals surface area contributed by atoms with Gasteiger partial charge in [0.25, 0.3) is 5.91 Å². The molecule has 158 valence electrons. The molecule has 1 aliphatic rings. The topological polar surface area (TPSA) is 135 Å². The molecule has 3 aromatic heterocycles. The molecule has 10 nitrogen and oxygen atoms in total. The Bertz CT molecular complexity index is 1280. The van der Waals surface area contributed by atoms with Gasteiger partial charge in [-0.2, -0.15) is 5.10 Å². The zero-order valence-corrected chi connectivity index (χ0v) is 16.8. The fraction of sp³-hybridized carbons (Fsp3) is 0.238. The van der Waals surface area contributed by atoms with Gasteiger partial charge in [-0.05, 0) is 30.7 Å². The molecule has 0 aliphatic carbocycles. The minimum atomic E-state index is -0.417. The number of aryl methyl sites for hydroxylation is 1. The molecule has 31 heavy (non-hydrogen) atoms. The molecular formula is C21H21N7O3. The first kappa shape index (κ1) is 19.1. The Balaban J connectivity index is 1.48. The van der Waals surface area contributed by atoms with Gasteiger partial charge >= 0.3 is 0 Å². The Morgan fingerprint density at radius 1 is 1.39 bits per heavy atom. The van der Waals surface area contributed by atoms with Crippen LogP contribution in [0, 0.1) is 0 Å². The number of nitrogens with one attached hydrogen (secondary N) is 1. The van der Waals surface area contributed by atoms with Gasteiger partial charge in [0.1, 0.15) is 12.1 Å². The van der Waals surface area contributed by atoms with Crippen molar-refractivity contribution in [2.24, 2.45) is 7.05 Å². The number of β-amino-alcohol motifs (C(OH)–C–C–N with tert-alkyl or cyclic N) is 1. The Morgan fingerprint density at radius 2 is 2.26 bits per heavy atom. The van der Waals surface area contributed by atoms with Crippen molar-refractivity contribution >= 4 is 34.0 Å². The highest BCUT2D eigenvalue weighted by molar-refractivity contribution is 6.06. The highest BCUT2D eigenvalue weighted by Gasteiger charge is 2.25. The lowest BCUT2D eigenvalue weighted by atomic mass is 10.1. The van der Waals surface area contributed by atoms with Gasteiger partial charge < -0.3 is 25.5 Å². The maximum Gasteiger partial charge on any atom is 0.277 e. The molecule has 4 aromatic rings. The second-order valence-corrected chi connectivity index (χ2v) is 7.51. The fourth-order valence-electron chi connectivity index (χ4n) is 3.80. The maximum atomic E-state index is 13.0. The van der Waals surface area contributed by atoms with Crippen LogP contribution in [0.3, 0.4) is 0 Å². The van der Waals surface area contributed by atoms with Crippen molar-refractivity contribution in [3.8, 4) is 11.5 Å². The van der Waals surface area contributed by atoms with Gasteiger partial charge in [-0.15, -0.1) is 0 Å². The lowest BCUT2D eigenvalue weighted by Gasteiger charge is -2.22. The number of nitrogen functional groups attached to an aromatic ring is 1. The smallest absolute Gasteiger partial charge is 0.277 e. The summed E-state index contributed by atoms with van der Waals surface area (Å²) in [5.41, 5.74) is 8.83. The SMILES string of the molecule is Cn1ncc2cc(N3CC[C@@H](O)C3)c(NC(=O)c3coc(-c4cccnc4N)n3)cc21. The highest BCUT2D eigenvalue weighted by atomic mass is 16.3. The molecule has 0 saturated carbocycles. The van der Waals surface area contributed by atoms with Crippen molar-refractivity contribution < 1.29 is 14.3 Å². The monoisotopic (exact) mass is 419 g/mol. The number of nitrogens with two attached hydrogens (primary N) is 1. The van der Waals surface area contributed by atoms with Crippen LogP contribution < -0.4 is 16.0 Å². The first-order valence-electron chi connectivity index (χ1n) is 9.86. The van der Waals surface area contributed by atoms with Gasteiger partial charge in [0, 0.05) is 31.7 Å². The molecule has 4 N–H and O–H groups in total. The van der Waals surface area contributed by atoms with Crippen molar-refractivity contribution in [2.75, 3.05) is 29.0 Å². The predicted molar refractivity (Wildman–Crippen MR) is 116 cm³/mol. The third-order valence-electron chi connectivity index (χ3n) is 5.42. The molecule has 1 fully saturated rings. The van der Waals surface area contributed by atoms with Crippen molar-refractivity contribution in [1.29, 1.82) is 0 Å². The van der Waals surface area contributed by atoms with E-state index in [-0.39, 0.29) is 17.4 Å². The highest BCUT2D eigenvalue weighted by Crippen LogP contribution is 2.34. The third kappa shape index (κ3) is 3.46. The molecule has 1 atom stereocenters. The summed E-state index contributed by atoms with van der Waals surface area (Å²) in [5.74, 6) is 0.0774. The second kappa shape index (κ2) is 7.40. The van der Waals surface area contributed by atoms with E-state index >= 15 is 0 Å². The number of pyridine rings is 1. The van der Waals surface area contributed by atoms with Crippen LogP contribution in [-0.2, 0) is 7.05 Å². The van der Waals surface area contributed by atoms with Gasteiger partial charge in [0.2, 0.25) is 5.89 Å². The van der Waals surface area contributed by atoms with Crippen LogP contribution in [0.2, 0.25) is 0 Å². The predicted octanol–water partition coefficient (Wildman–Crippen LogP) is 2.03. The molecule has 0 unspecified atom stereocenters. The Labute approximate surface area is 177 Å². The number of hydrogen-bond acceptors (Lipinski definition) is 8. The van der Waals surface area contributed by atoms with Gasteiger partial charge in [-0.25, -0.2) is 9.97 Å². The average molecular weight is 419 g/mol. The largest absolute Gasteiger partial charge is 0.443 e. The number of aromatic nitrogens is 4. The molecule has 0 spiro atoms. The van der Waals surface area contributed by atoms with E-state index in [1.165, 1.54) is 6.26 Å². The standard InChI is InChI=1S/C21H21N7O3/c1-27-17-8-15(18(7-12(17)9-24-27)28-6-4-13(29)10-28)25-20(30)16-11-31-21(26-16)14-3-2-5-23-19(14)22/h2-3,5,7-9,11,13,29H,4,6,10H2,1H3,(H2,22,23)(H,25,30)/t13-/m1/s1. The molecule has 5 rings (SSSR count). The number of benzene rings is 1. The normalized spacial score (nSPS) is 16.2. The maximum absolute atomic E-state index is 13.0. The summed E-state index contributed by atoms with van der Waals surface area (Å²) in [5, 5.41) is 18.2. The van der Waals surface area contributed by atoms with Crippen LogP contribution in [-0.4, -0.2) is 50.0 Å². The number of nitrogens with zero attached hydrogens (tertiary/aromatic N) is 5. The van der Waals surface area contributed by atoms with Gasteiger partial charge in [-0.3, -0.25) is 9.48 Å². The number of amides is 1. The van der Waals surface area contributed by atoms with E-state index in [4.69, 9.17) is 10.2 Å². The summed E-state index contributed by atoms with van der Waals surface area (Å²) >= 11 is 0. The van der Waals surface area contributed by atoms with E-state index in [1.807, 2.05) is 19.2 Å². The van der Waals surface area contributed by atoms with Crippen molar-refractivity contribution in [2.45, 2.75) is 12.5 Å². The first-order valence-corrected chi connectivity index (χ1v) is 9.86. The average Bonchev–Trinajstić information content (AvgIpc) is 3.49. The van der Waals surface area contributed by atoms with Gasteiger partial charge in [-0.1, -0.05) is 0 Å². The number of aliphatic hydroxyl groups excluding tert-OH is 1. The second-order valence-electron chi connectivity index (χ2n) is 7.51. The molecule has 10 heteroatoms. The van der Waals surface area contributed by atoms with E-state index in [9.17, 15) is 9.90 Å². The van der Waals surface area contributed by atoms with Crippen LogP contribution in [0.4, 0.5) is 17.2 Å². The number of aliphatic hydroxyl groups is 1. The van der Waals surface area contributed by atoms with E-state index in [0.717, 1.165) is 16.6 Å². The number of anilines is 3. The number of fused-ring (bicyclic) bond motifs is 1. The lowest BCUT2D eigenvalue weighted by molar-refractivity contribution is 0.102. The Kier molecular flexibility index (Phi) is 4.55. The molecular weight excluding hydrogens is 398 g/mol. The Morgan fingerprint density at radius 3 is 3.03 bits per heavy atom. The van der Waals surface area contributed by atoms with Crippen molar-refractivity contribution in [3.63, 3.8) is 0 Å². The quantitative estimate of drug-likeness (QED) is 0.457. The number of carbonyl (C=O) groups excluding carboxylic acids is 1. The van der Waals surface area contributed by atoms with Crippen LogP contribution in [0.1, 0.15) is 16.9 Å². The number of rotatable bonds is 4. The molecule has 1 amide bonds. The minimum absolute atomic E-state index is 0.121. The minimum Gasteiger partial charge on any atom is -0.443 e. The number of hydrogen-bond donors (Lipinski definition) is 3. The summed E-state index contributed by atoms with van der Waals surface area (Å²) < 4.78 is 7.20. The van der Waals surface area contributed by atoms with Gasteiger partial charge in [0.05, 0.1) is 34.8 Å². The fourth-order valence-corrected chi connectivity index (χ4v) is 3.80. The lowest BCUT2D eigenvalue weighted by Crippen LogP contribution is -2.23. The van der Waals surface area contributed by atoms with E-state index in [2.05, 4.69) is 25.3 Å². The number of carbonyl (C=O) groups is 1. The van der Waals surface area contributed by atoms with Crippen LogP contribution >= 0.6 is 0 Å². The van der Waals surface area contributed by atoms with Crippen molar-refractivity contribution in [3.05, 3.63) is 48.6 Å². The zero-order chi connectivity index (χ0) is 21.5. The van der Waals surface area contributed by atoms with Crippen LogP contribution in [0.15, 0.2) is 47.3 Å². The van der Waals surface area contributed by atoms with E-state index in [0.29, 0.717) is 30.8 Å². The summed E-state index contributed by atoms with van der Waals surface area (Å²) in [7, 11) is 1.84. The van der Waals surface area contributed by atoms with E-state index in [1.54, 1.807) is 29.2 Å². The summed E-state index contributed by atoms with van der Waals surface area (Å²) in [6.45, 7) is 1.20. The van der Waals surface area contributed by atoms with Crippen molar-refractivity contribution in [1.82, 2.24) is 19.7 Å². The zero-order valence-electron chi connectivity index (χ0n) is 16.8. The van der Waals surface area contributed by atoms with Crippen LogP contribution in [0.25, 0.3) is 22.4 Å². The molecule has 1 aliphatic heterocycles. The summed E-state index contributed by atoms with van der Waals surface area (Å²) in [6, 6.07) is 7.29. The molecule has 0 bridgehead atoms. The number of oxazole rings is 1. The molecule has 0 radical (unpaired) electrons. The molecule has 1 aromatic carbocycles. The first-order chi connectivity index (χ1) is 15.0. The van der Waals surface area contributed by atoms with Gasteiger partial charge in [0.15, 0.2) is 5.69 Å². The summed E-state index contributed by atoms with van der Waals surface area (Å²) in [4.78, 5) is 23.3. The Hall–Kier alpha value is -3.92. The molecule has 1 saturated heterocycles. The molecule has 4 heterocycles.